The van der Waals surface area contributed by atoms with Crippen molar-refractivity contribution in [2.75, 3.05) is 0 Å². The molecule has 2 aliphatic rings. The number of hydrogen-bond donors (Lipinski definition) is 1. The van der Waals surface area contributed by atoms with Crippen molar-refractivity contribution in [3.05, 3.63) is 29.3 Å². The summed E-state index contributed by atoms with van der Waals surface area (Å²) in [5.74, 6) is 4.73. The molecule has 0 radical (unpaired) electrons. The van der Waals surface area contributed by atoms with Gasteiger partial charge in [-0.3, -0.25) is 4.79 Å². The monoisotopic (exact) mass is 426 g/mol. The van der Waals surface area contributed by atoms with Crippen LogP contribution in [-0.2, 0) is 11.2 Å². The molecule has 2 aliphatic carbocycles. The van der Waals surface area contributed by atoms with Crippen LogP contribution in [0, 0.1) is 47.8 Å². The summed E-state index contributed by atoms with van der Waals surface area (Å²) in [7, 11) is 0. The van der Waals surface area contributed by atoms with Gasteiger partial charge in [0.15, 0.2) is 0 Å². The molecule has 2 heteroatoms. The molecule has 0 spiro atoms. The van der Waals surface area contributed by atoms with Gasteiger partial charge in [-0.25, -0.2) is 0 Å². The van der Waals surface area contributed by atoms with E-state index in [1.807, 2.05) is 12.1 Å². The van der Waals surface area contributed by atoms with Crippen molar-refractivity contribution in [2.24, 2.45) is 40.9 Å². The summed E-state index contributed by atoms with van der Waals surface area (Å²) >= 11 is 0. The summed E-state index contributed by atoms with van der Waals surface area (Å²) in [5.41, 5.74) is 2.74. The summed E-state index contributed by atoms with van der Waals surface area (Å²) in [4.78, 5) is 13.0. The van der Waals surface area contributed by atoms with Gasteiger partial charge in [0.2, 0.25) is 0 Å². The van der Waals surface area contributed by atoms with Gasteiger partial charge in [-0.1, -0.05) is 53.5 Å². The van der Waals surface area contributed by atoms with Crippen LogP contribution in [0.1, 0.15) is 97.1 Å². The Morgan fingerprint density at radius 2 is 1.90 bits per heavy atom. The van der Waals surface area contributed by atoms with Gasteiger partial charge in [0.05, 0.1) is 0 Å². The Morgan fingerprint density at radius 3 is 2.58 bits per heavy atom. The van der Waals surface area contributed by atoms with Crippen LogP contribution in [0.4, 0.5) is 0 Å². The van der Waals surface area contributed by atoms with E-state index in [-0.39, 0.29) is 5.92 Å². The fraction of sp³-hybridized carbons (Fsp3) is 0.759. The van der Waals surface area contributed by atoms with Crippen molar-refractivity contribution >= 4 is 5.78 Å². The Bertz CT molecular complexity index is 751. The highest BCUT2D eigenvalue weighted by atomic mass is 16.3. The van der Waals surface area contributed by atoms with Crippen LogP contribution in [0.5, 0.6) is 5.75 Å². The van der Waals surface area contributed by atoms with Crippen molar-refractivity contribution in [3.63, 3.8) is 0 Å². The number of aromatic hydroxyl groups is 1. The van der Waals surface area contributed by atoms with E-state index in [1.54, 1.807) is 6.07 Å². The third-order valence-electron chi connectivity index (χ3n) is 9.50. The normalized spacial score (nSPS) is 30.4. The maximum absolute atomic E-state index is 13.0. The summed E-state index contributed by atoms with van der Waals surface area (Å²) in [6, 6.07) is 5.64. The standard InChI is InChI=1S/C29H46O2/c1-7-22(19(2)3)10-8-21(5)26-14-15-27-25(28(31)16-17-29(26,27)6)13-11-23-18-24(30)12-9-20(23)4/h9,12,18-19,21-22,25-27,30H,7-8,10-11,13-17H2,1-6H3/t21-,22?,25+,26-,27+,29-/m1/s1. The van der Waals surface area contributed by atoms with Gasteiger partial charge in [-0.15, -0.1) is 0 Å². The number of carbonyl (C=O) groups is 1. The van der Waals surface area contributed by atoms with Gasteiger partial charge in [0, 0.05) is 12.3 Å². The number of phenols is 1. The maximum Gasteiger partial charge on any atom is 0.136 e. The Morgan fingerprint density at radius 1 is 1.16 bits per heavy atom. The average Bonchev–Trinajstić information content (AvgIpc) is 3.07. The topological polar surface area (TPSA) is 37.3 Å². The Hall–Kier alpha value is -1.31. The number of ketones is 1. The molecule has 0 amide bonds. The van der Waals surface area contributed by atoms with Crippen LogP contribution in [0.15, 0.2) is 18.2 Å². The van der Waals surface area contributed by atoms with Crippen LogP contribution in [-0.4, -0.2) is 10.9 Å². The number of phenolic OH excluding ortho intramolecular Hbond substituents is 1. The van der Waals surface area contributed by atoms with Gasteiger partial charge >= 0.3 is 0 Å². The minimum Gasteiger partial charge on any atom is -0.508 e. The summed E-state index contributed by atoms with van der Waals surface area (Å²) < 4.78 is 0. The first kappa shape index (κ1) is 24.3. The molecule has 2 nitrogen and oxygen atoms in total. The second kappa shape index (κ2) is 10.1. The lowest BCUT2D eigenvalue weighted by Crippen LogP contribution is -2.43. The second-order valence-electron chi connectivity index (χ2n) is 11.5. The molecule has 174 valence electrons. The average molecular weight is 427 g/mol. The van der Waals surface area contributed by atoms with Crippen LogP contribution in [0.2, 0.25) is 0 Å². The molecule has 0 heterocycles. The van der Waals surface area contributed by atoms with Crippen LogP contribution in [0.25, 0.3) is 0 Å². The molecule has 2 fully saturated rings. The Kier molecular flexibility index (Phi) is 7.92. The van der Waals surface area contributed by atoms with E-state index in [1.165, 1.54) is 43.2 Å². The first-order valence-corrected chi connectivity index (χ1v) is 13.0. The lowest BCUT2D eigenvalue weighted by Gasteiger charge is -2.46. The van der Waals surface area contributed by atoms with E-state index in [4.69, 9.17) is 0 Å². The zero-order valence-electron chi connectivity index (χ0n) is 20.9. The van der Waals surface area contributed by atoms with Crippen molar-refractivity contribution in [2.45, 2.75) is 99.3 Å². The highest BCUT2D eigenvalue weighted by molar-refractivity contribution is 5.82. The van der Waals surface area contributed by atoms with Crippen LogP contribution in [0.3, 0.4) is 0 Å². The zero-order valence-corrected chi connectivity index (χ0v) is 20.9. The predicted octanol–water partition coefficient (Wildman–Crippen LogP) is 7.74. The first-order valence-electron chi connectivity index (χ1n) is 13.0. The van der Waals surface area contributed by atoms with Crippen LogP contribution < -0.4 is 0 Å². The third-order valence-corrected chi connectivity index (χ3v) is 9.50. The molecule has 0 aliphatic heterocycles. The first-order chi connectivity index (χ1) is 14.7. The number of aryl methyl sites for hydroxylation is 2. The SMILES string of the molecule is CCC(CC[C@@H](C)[C@H]1CC[C@H]2[C@H](CCc3cc(O)ccc3C)C(=O)CC[C@]12C)C(C)C. The molecule has 1 N–H and O–H groups in total. The highest BCUT2D eigenvalue weighted by Gasteiger charge is 2.54. The number of Topliss-reactive ketones (excluding diaryl/α,β-unsaturated/α-hetero) is 1. The van der Waals surface area contributed by atoms with Crippen LogP contribution >= 0.6 is 0 Å². The van der Waals surface area contributed by atoms with E-state index in [0.717, 1.165) is 49.4 Å². The van der Waals surface area contributed by atoms with Gasteiger partial charge in [0.25, 0.3) is 0 Å². The quantitative estimate of drug-likeness (QED) is 0.438. The number of fused-ring (bicyclic) bond motifs is 1. The highest BCUT2D eigenvalue weighted by Crippen LogP contribution is 2.60. The van der Waals surface area contributed by atoms with Gasteiger partial charge in [-0.2, -0.15) is 0 Å². The van der Waals surface area contributed by atoms with Crippen molar-refractivity contribution in [1.82, 2.24) is 0 Å². The van der Waals surface area contributed by atoms with Crippen molar-refractivity contribution in [1.29, 1.82) is 0 Å². The Labute approximate surface area is 191 Å². The third kappa shape index (κ3) is 5.20. The predicted molar refractivity (Wildman–Crippen MR) is 130 cm³/mol. The van der Waals surface area contributed by atoms with E-state index >= 15 is 0 Å². The molecule has 0 aromatic heterocycles. The summed E-state index contributed by atoms with van der Waals surface area (Å²) in [6.07, 6.45) is 10.2. The van der Waals surface area contributed by atoms with Gasteiger partial charge in [-0.05, 0) is 104 Å². The number of carbonyl (C=O) groups excluding carboxylic acids is 1. The summed E-state index contributed by atoms with van der Waals surface area (Å²) in [5, 5.41) is 9.89. The maximum atomic E-state index is 13.0. The van der Waals surface area contributed by atoms with Gasteiger partial charge in [0.1, 0.15) is 11.5 Å². The van der Waals surface area contributed by atoms with Crippen molar-refractivity contribution < 1.29 is 9.90 Å². The van der Waals surface area contributed by atoms with E-state index in [0.29, 0.717) is 22.9 Å². The molecular formula is C29H46O2. The fourth-order valence-corrected chi connectivity index (χ4v) is 7.35. The van der Waals surface area contributed by atoms with E-state index in [9.17, 15) is 9.90 Å². The lowest BCUT2D eigenvalue weighted by molar-refractivity contribution is -0.132. The molecule has 1 aromatic carbocycles. The number of rotatable bonds is 9. The second-order valence-corrected chi connectivity index (χ2v) is 11.5. The minimum absolute atomic E-state index is 0.205. The lowest BCUT2D eigenvalue weighted by atomic mass is 9.58. The fourth-order valence-electron chi connectivity index (χ4n) is 7.35. The van der Waals surface area contributed by atoms with E-state index in [2.05, 4.69) is 41.5 Å². The molecule has 1 unspecified atom stereocenters. The molecule has 3 rings (SSSR count). The molecule has 31 heavy (non-hydrogen) atoms. The van der Waals surface area contributed by atoms with Crippen molar-refractivity contribution in [3.8, 4) is 5.75 Å². The number of hydrogen-bond acceptors (Lipinski definition) is 2. The number of benzene rings is 1. The Balaban J connectivity index is 1.68. The minimum atomic E-state index is 0.205. The largest absolute Gasteiger partial charge is 0.508 e. The summed E-state index contributed by atoms with van der Waals surface area (Å²) in [6.45, 7) is 14.2. The van der Waals surface area contributed by atoms with Gasteiger partial charge < -0.3 is 5.11 Å². The molecule has 1 aromatic rings. The van der Waals surface area contributed by atoms with E-state index < -0.39 is 0 Å². The molecular weight excluding hydrogens is 380 g/mol. The molecule has 0 saturated heterocycles. The zero-order chi connectivity index (χ0) is 22.8. The molecule has 6 atom stereocenters. The molecule has 2 saturated carbocycles. The molecule has 0 bridgehead atoms. The smallest absolute Gasteiger partial charge is 0.136 e.